The fourth-order valence-corrected chi connectivity index (χ4v) is 2.81. The molecule has 0 spiro atoms. The van der Waals surface area contributed by atoms with Gasteiger partial charge in [-0.3, -0.25) is 9.69 Å². The summed E-state index contributed by atoms with van der Waals surface area (Å²) in [7, 11) is 3.05. The third-order valence-corrected chi connectivity index (χ3v) is 4.15. The van der Waals surface area contributed by atoms with Gasteiger partial charge in [0.1, 0.15) is 23.8 Å². The van der Waals surface area contributed by atoms with Crippen LogP contribution in [0.2, 0.25) is 0 Å². The highest BCUT2D eigenvalue weighted by molar-refractivity contribution is 6.10. The summed E-state index contributed by atoms with van der Waals surface area (Å²) in [5.41, 5.74) is 1.46. The van der Waals surface area contributed by atoms with Crippen molar-refractivity contribution in [2.24, 2.45) is 0 Å². The summed E-state index contributed by atoms with van der Waals surface area (Å²) in [6, 6.07) is 13.9. The predicted molar refractivity (Wildman–Crippen MR) is 91.9 cm³/mol. The van der Waals surface area contributed by atoms with Crippen molar-refractivity contribution < 1.29 is 23.8 Å². The second-order valence-electron chi connectivity index (χ2n) is 5.59. The second-order valence-corrected chi connectivity index (χ2v) is 5.59. The van der Waals surface area contributed by atoms with Gasteiger partial charge in [0.15, 0.2) is 6.10 Å². The summed E-state index contributed by atoms with van der Waals surface area (Å²) in [6.07, 6.45) is -0.0645. The fourth-order valence-electron chi connectivity index (χ4n) is 2.81. The number of carbonyl (C=O) groups excluding carboxylic acids is 2. The number of aldehydes is 1. The lowest BCUT2D eigenvalue weighted by Gasteiger charge is -2.43. The van der Waals surface area contributed by atoms with Crippen molar-refractivity contribution in [2.75, 3.05) is 19.1 Å². The maximum Gasteiger partial charge on any atom is 0.259 e. The SMILES string of the molecule is COc1ccc(N2C(=O)[C@H](OCc3ccccc3)[C@@H]2C=O)c(OC)c1. The highest BCUT2D eigenvalue weighted by Crippen LogP contribution is 2.38. The Hall–Kier alpha value is -2.86. The molecule has 0 saturated carbocycles. The molecular formula is C19H19NO5. The standard InChI is InChI=1S/C19H19NO5/c1-23-14-8-9-15(17(10-14)24-2)20-16(11-21)18(19(20)22)25-12-13-6-4-3-5-7-13/h3-11,16,18H,12H2,1-2H3/t16-,18+/m0/s1. The highest BCUT2D eigenvalue weighted by atomic mass is 16.5. The van der Waals surface area contributed by atoms with Crippen LogP contribution in [0.5, 0.6) is 11.5 Å². The van der Waals surface area contributed by atoms with E-state index in [1.807, 2.05) is 30.3 Å². The maximum atomic E-state index is 12.5. The molecule has 2 atom stereocenters. The highest BCUT2D eigenvalue weighted by Gasteiger charge is 2.50. The van der Waals surface area contributed by atoms with E-state index in [-0.39, 0.29) is 12.5 Å². The summed E-state index contributed by atoms with van der Waals surface area (Å²) in [6.45, 7) is 0.273. The van der Waals surface area contributed by atoms with Crippen LogP contribution in [-0.4, -0.2) is 38.6 Å². The van der Waals surface area contributed by atoms with Crippen molar-refractivity contribution in [2.45, 2.75) is 18.8 Å². The van der Waals surface area contributed by atoms with Gasteiger partial charge < -0.3 is 19.0 Å². The van der Waals surface area contributed by atoms with Gasteiger partial charge in [-0.05, 0) is 17.7 Å². The van der Waals surface area contributed by atoms with Crippen molar-refractivity contribution >= 4 is 17.9 Å². The normalized spacial score (nSPS) is 19.3. The number of anilines is 1. The van der Waals surface area contributed by atoms with Crippen LogP contribution in [0, 0.1) is 0 Å². The Morgan fingerprint density at radius 3 is 2.48 bits per heavy atom. The van der Waals surface area contributed by atoms with Gasteiger partial charge >= 0.3 is 0 Å². The minimum absolute atomic E-state index is 0.267. The lowest BCUT2D eigenvalue weighted by atomic mass is 9.97. The Morgan fingerprint density at radius 2 is 1.84 bits per heavy atom. The Labute approximate surface area is 145 Å². The Morgan fingerprint density at radius 1 is 1.08 bits per heavy atom. The quantitative estimate of drug-likeness (QED) is 0.571. The fraction of sp³-hybridized carbons (Fsp3) is 0.263. The van der Waals surface area contributed by atoms with Gasteiger partial charge in [-0.25, -0.2) is 0 Å². The molecule has 0 radical (unpaired) electrons. The molecule has 2 aromatic carbocycles. The van der Waals surface area contributed by atoms with Gasteiger partial charge in [0.05, 0.1) is 26.5 Å². The van der Waals surface area contributed by atoms with Gasteiger partial charge in [-0.15, -0.1) is 0 Å². The lowest BCUT2D eigenvalue weighted by Crippen LogP contribution is -2.67. The number of methoxy groups -OCH3 is 2. The number of carbonyl (C=O) groups is 2. The number of ether oxygens (including phenoxy) is 3. The van der Waals surface area contributed by atoms with E-state index in [4.69, 9.17) is 14.2 Å². The van der Waals surface area contributed by atoms with Crippen molar-refractivity contribution in [3.63, 3.8) is 0 Å². The number of nitrogens with zero attached hydrogens (tertiary/aromatic N) is 1. The molecule has 6 heteroatoms. The molecule has 6 nitrogen and oxygen atoms in total. The number of rotatable bonds is 7. The minimum Gasteiger partial charge on any atom is -0.497 e. The molecule has 2 aromatic rings. The smallest absolute Gasteiger partial charge is 0.259 e. The Balaban J connectivity index is 1.76. The molecule has 1 heterocycles. The van der Waals surface area contributed by atoms with Crippen molar-refractivity contribution in [1.82, 2.24) is 0 Å². The first-order valence-corrected chi connectivity index (χ1v) is 7.85. The van der Waals surface area contributed by atoms with Crippen LogP contribution < -0.4 is 14.4 Å². The molecular weight excluding hydrogens is 322 g/mol. The zero-order valence-corrected chi connectivity index (χ0v) is 14.0. The van der Waals surface area contributed by atoms with Crippen LogP contribution in [0.15, 0.2) is 48.5 Å². The average Bonchev–Trinajstić information content (AvgIpc) is 2.66. The van der Waals surface area contributed by atoms with Crippen molar-refractivity contribution in [1.29, 1.82) is 0 Å². The van der Waals surface area contributed by atoms with Gasteiger partial charge in [0.2, 0.25) is 0 Å². The summed E-state index contributed by atoms with van der Waals surface area (Å²) in [4.78, 5) is 25.4. The van der Waals surface area contributed by atoms with E-state index in [9.17, 15) is 9.59 Å². The molecule has 130 valence electrons. The number of amides is 1. The third-order valence-electron chi connectivity index (χ3n) is 4.15. The molecule has 0 aromatic heterocycles. The molecule has 0 bridgehead atoms. The minimum atomic E-state index is -0.787. The van der Waals surface area contributed by atoms with E-state index >= 15 is 0 Å². The molecule has 25 heavy (non-hydrogen) atoms. The summed E-state index contributed by atoms with van der Waals surface area (Å²) < 4.78 is 16.1. The summed E-state index contributed by atoms with van der Waals surface area (Å²) in [5, 5.41) is 0. The molecule has 0 N–H and O–H groups in total. The average molecular weight is 341 g/mol. The lowest BCUT2D eigenvalue weighted by molar-refractivity contribution is -0.146. The molecule has 1 aliphatic heterocycles. The first kappa shape index (κ1) is 17.0. The first-order chi connectivity index (χ1) is 12.2. The van der Waals surface area contributed by atoms with Crippen molar-refractivity contribution in [3.05, 3.63) is 54.1 Å². The van der Waals surface area contributed by atoms with Crippen LogP contribution in [0.4, 0.5) is 5.69 Å². The van der Waals surface area contributed by atoms with Crippen LogP contribution in [-0.2, 0) is 20.9 Å². The Kier molecular flexibility index (Phi) is 5.00. The molecule has 0 aliphatic carbocycles. The second kappa shape index (κ2) is 7.36. The van der Waals surface area contributed by atoms with Crippen LogP contribution in [0.25, 0.3) is 0 Å². The van der Waals surface area contributed by atoms with Gasteiger partial charge in [0.25, 0.3) is 5.91 Å². The van der Waals surface area contributed by atoms with E-state index in [0.717, 1.165) is 11.8 Å². The third kappa shape index (κ3) is 3.21. The van der Waals surface area contributed by atoms with E-state index in [0.29, 0.717) is 17.2 Å². The maximum absolute atomic E-state index is 12.5. The zero-order valence-electron chi connectivity index (χ0n) is 14.0. The van der Waals surface area contributed by atoms with Gasteiger partial charge in [-0.2, -0.15) is 0 Å². The molecule has 0 unspecified atom stereocenters. The van der Waals surface area contributed by atoms with E-state index in [1.54, 1.807) is 25.3 Å². The van der Waals surface area contributed by atoms with Crippen LogP contribution >= 0.6 is 0 Å². The zero-order chi connectivity index (χ0) is 17.8. The monoisotopic (exact) mass is 341 g/mol. The molecule has 1 amide bonds. The Bertz CT molecular complexity index is 762. The molecule has 1 saturated heterocycles. The summed E-state index contributed by atoms with van der Waals surface area (Å²) >= 11 is 0. The predicted octanol–water partition coefficient (Wildman–Crippen LogP) is 2.20. The van der Waals surface area contributed by atoms with Crippen LogP contribution in [0.3, 0.4) is 0 Å². The topological polar surface area (TPSA) is 65.1 Å². The number of β-lactam (4-membered cyclic amide) rings is 1. The number of benzene rings is 2. The van der Waals surface area contributed by atoms with Crippen LogP contribution in [0.1, 0.15) is 5.56 Å². The van der Waals surface area contributed by atoms with E-state index in [2.05, 4.69) is 0 Å². The van der Waals surface area contributed by atoms with Gasteiger partial charge in [0, 0.05) is 6.07 Å². The molecule has 1 aliphatic rings. The summed E-state index contributed by atoms with van der Waals surface area (Å²) in [5.74, 6) is 0.797. The first-order valence-electron chi connectivity index (χ1n) is 7.85. The number of hydrogen-bond acceptors (Lipinski definition) is 5. The van der Waals surface area contributed by atoms with E-state index < -0.39 is 12.1 Å². The largest absolute Gasteiger partial charge is 0.497 e. The van der Waals surface area contributed by atoms with Gasteiger partial charge in [-0.1, -0.05) is 30.3 Å². The molecule has 3 rings (SSSR count). The molecule has 1 fully saturated rings. The van der Waals surface area contributed by atoms with E-state index in [1.165, 1.54) is 12.0 Å². The van der Waals surface area contributed by atoms with Crippen molar-refractivity contribution in [3.8, 4) is 11.5 Å². The number of hydrogen-bond donors (Lipinski definition) is 0.